The van der Waals surface area contributed by atoms with Crippen LogP contribution in [0.25, 0.3) is 0 Å². The van der Waals surface area contributed by atoms with Gasteiger partial charge in [-0.25, -0.2) is 0 Å². The number of nitrogens with one attached hydrogen (secondary N) is 1. The lowest BCUT2D eigenvalue weighted by Gasteiger charge is -2.05. The third-order valence-electron chi connectivity index (χ3n) is 2.04. The molecule has 14 heavy (non-hydrogen) atoms. The SMILES string of the molecule is N#CC1=C(Nc2ccccc2)SCC1. The Morgan fingerprint density at radius 2 is 2.07 bits per heavy atom. The second kappa shape index (κ2) is 4.21. The molecule has 1 heterocycles. The van der Waals surface area contributed by atoms with Gasteiger partial charge in [0, 0.05) is 11.4 Å². The predicted octanol–water partition coefficient (Wildman–Crippen LogP) is 2.97. The molecule has 0 radical (unpaired) electrons. The molecule has 0 fully saturated rings. The Balaban J connectivity index is 2.16. The van der Waals surface area contributed by atoms with Gasteiger partial charge in [-0.05, 0) is 18.6 Å². The summed E-state index contributed by atoms with van der Waals surface area (Å²) >= 11 is 1.72. The van der Waals surface area contributed by atoms with Crippen LogP contribution in [0.15, 0.2) is 40.9 Å². The number of hydrogen-bond donors (Lipinski definition) is 1. The Kier molecular flexibility index (Phi) is 2.76. The normalized spacial score (nSPS) is 15.4. The number of allylic oxidation sites excluding steroid dienone is 1. The van der Waals surface area contributed by atoms with Crippen molar-refractivity contribution in [2.75, 3.05) is 11.1 Å². The summed E-state index contributed by atoms with van der Waals surface area (Å²) in [6, 6.07) is 12.2. The van der Waals surface area contributed by atoms with Crippen molar-refractivity contribution in [3.05, 3.63) is 40.9 Å². The fourth-order valence-electron chi connectivity index (χ4n) is 1.33. The Labute approximate surface area is 87.6 Å². The minimum Gasteiger partial charge on any atom is -0.349 e. The Bertz CT molecular complexity index is 389. The number of nitrogens with zero attached hydrogens (tertiary/aromatic N) is 1. The van der Waals surface area contributed by atoms with Gasteiger partial charge in [0.15, 0.2) is 0 Å². The van der Waals surface area contributed by atoms with E-state index in [4.69, 9.17) is 5.26 Å². The molecule has 1 aromatic rings. The third-order valence-corrected chi connectivity index (χ3v) is 3.08. The Morgan fingerprint density at radius 1 is 1.29 bits per heavy atom. The quantitative estimate of drug-likeness (QED) is 0.800. The van der Waals surface area contributed by atoms with Crippen molar-refractivity contribution in [2.45, 2.75) is 6.42 Å². The summed E-state index contributed by atoms with van der Waals surface area (Å²) in [6.07, 6.45) is 0.885. The highest BCUT2D eigenvalue weighted by molar-refractivity contribution is 8.03. The van der Waals surface area contributed by atoms with Crippen LogP contribution in [0.5, 0.6) is 0 Å². The van der Waals surface area contributed by atoms with E-state index in [-0.39, 0.29) is 0 Å². The summed E-state index contributed by atoms with van der Waals surface area (Å²) in [5, 5.41) is 13.1. The van der Waals surface area contributed by atoms with Crippen LogP contribution in [0.1, 0.15) is 6.42 Å². The van der Waals surface area contributed by atoms with Crippen molar-refractivity contribution < 1.29 is 0 Å². The number of nitriles is 1. The maximum atomic E-state index is 8.85. The lowest BCUT2D eigenvalue weighted by molar-refractivity contribution is 1.19. The first-order chi connectivity index (χ1) is 6.90. The van der Waals surface area contributed by atoms with E-state index in [2.05, 4.69) is 11.4 Å². The van der Waals surface area contributed by atoms with E-state index >= 15 is 0 Å². The van der Waals surface area contributed by atoms with Crippen LogP contribution in [0.2, 0.25) is 0 Å². The summed E-state index contributed by atoms with van der Waals surface area (Å²) in [7, 11) is 0. The molecule has 0 aromatic heterocycles. The van der Waals surface area contributed by atoms with Gasteiger partial charge in [-0.1, -0.05) is 18.2 Å². The van der Waals surface area contributed by atoms with Crippen molar-refractivity contribution in [3.8, 4) is 6.07 Å². The highest BCUT2D eigenvalue weighted by Gasteiger charge is 2.14. The fraction of sp³-hybridized carbons (Fsp3) is 0.182. The molecule has 0 unspecified atom stereocenters. The van der Waals surface area contributed by atoms with Gasteiger partial charge in [-0.3, -0.25) is 0 Å². The first-order valence-corrected chi connectivity index (χ1v) is 5.47. The lowest BCUT2D eigenvalue weighted by Crippen LogP contribution is -1.95. The minimum absolute atomic E-state index is 0.874. The summed E-state index contributed by atoms with van der Waals surface area (Å²) < 4.78 is 0. The van der Waals surface area contributed by atoms with Gasteiger partial charge in [-0.2, -0.15) is 5.26 Å². The average Bonchev–Trinajstić information content (AvgIpc) is 2.67. The molecule has 0 saturated heterocycles. The van der Waals surface area contributed by atoms with Crippen LogP contribution in [0.3, 0.4) is 0 Å². The summed E-state index contributed by atoms with van der Waals surface area (Å²) in [6.45, 7) is 0. The second-order valence-corrected chi connectivity index (χ2v) is 4.11. The van der Waals surface area contributed by atoms with Crippen molar-refractivity contribution in [1.82, 2.24) is 0 Å². The number of benzene rings is 1. The zero-order valence-corrected chi connectivity index (χ0v) is 8.47. The smallest absolute Gasteiger partial charge is 0.0974 e. The third kappa shape index (κ3) is 1.91. The number of anilines is 1. The first kappa shape index (κ1) is 9.17. The molecule has 1 N–H and O–H groups in total. The first-order valence-electron chi connectivity index (χ1n) is 4.48. The molecule has 1 aliphatic heterocycles. The number of thioether (sulfide) groups is 1. The van der Waals surface area contributed by atoms with E-state index in [1.807, 2.05) is 30.3 Å². The second-order valence-electron chi connectivity index (χ2n) is 3.01. The molecular weight excluding hydrogens is 192 g/mol. The van der Waals surface area contributed by atoms with Crippen LogP contribution < -0.4 is 5.32 Å². The molecule has 0 bridgehead atoms. The van der Waals surface area contributed by atoms with Crippen LogP contribution in [-0.4, -0.2) is 5.75 Å². The van der Waals surface area contributed by atoms with Crippen LogP contribution in [0.4, 0.5) is 5.69 Å². The average molecular weight is 202 g/mol. The molecule has 70 valence electrons. The van der Waals surface area contributed by atoms with Crippen LogP contribution in [0, 0.1) is 11.3 Å². The Hall–Kier alpha value is -1.40. The van der Waals surface area contributed by atoms with Gasteiger partial charge in [0.05, 0.1) is 16.7 Å². The molecule has 2 nitrogen and oxygen atoms in total. The molecule has 0 aliphatic carbocycles. The van der Waals surface area contributed by atoms with Gasteiger partial charge in [0.1, 0.15) is 0 Å². The molecule has 0 spiro atoms. The predicted molar refractivity (Wildman–Crippen MR) is 59.8 cm³/mol. The number of rotatable bonds is 2. The minimum atomic E-state index is 0.874. The molecule has 1 aromatic carbocycles. The topological polar surface area (TPSA) is 35.8 Å². The van der Waals surface area contributed by atoms with Gasteiger partial charge in [0.2, 0.25) is 0 Å². The lowest BCUT2D eigenvalue weighted by atomic mass is 10.2. The van der Waals surface area contributed by atoms with Crippen LogP contribution in [-0.2, 0) is 0 Å². The standard InChI is InChI=1S/C11H10N2S/c12-8-9-6-7-14-11(9)13-10-4-2-1-3-5-10/h1-5,13H,6-7H2. The molecule has 0 atom stereocenters. The van der Waals surface area contributed by atoms with E-state index in [1.54, 1.807) is 11.8 Å². The molecule has 0 amide bonds. The Morgan fingerprint density at radius 3 is 2.79 bits per heavy atom. The van der Waals surface area contributed by atoms with E-state index in [1.165, 1.54) is 0 Å². The van der Waals surface area contributed by atoms with Gasteiger partial charge < -0.3 is 5.32 Å². The number of hydrogen-bond acceptors (Lipinski definition) is 3. The zero-order chi connectivity index (χ0) is 9.80. The summed E-state index contributed by atoms with van der Waals surface area (Å²) in [5.41, 5.74) is 1.92. The van der Waals surface area contributed by atoms with E-state index in [9.17, 15) is 0 Å². The van der Waals surface area contributed by atoms with Gasteiger partial charge in [0.25, 0.3) is 0 Å². The summed E-state index contributed by atoms with van der Waals surface area (Å²) in [5.74, 6) is 1.01. The highest BCUT2D eigenvalue weighted by atomic mass is 32.2. The monoisotopic (exact) mass is 202 g/mol. The van der Waals surface area contributed by atoms with E-state index < -0.39 is 0 Å². The van der Waals surface area contributed by atoms with Crippen molar-refractivity contribution in [3.63, 3.8) is 0 Å². The molecule has 0 saturated carbocycles. The molecule has 3 heteroatoms. The highest BCUT2D eigenvalue weighted by Crippen LogP contribution is 2.31. The number of para-hydroxylation sites is 1. The maximum Gasteiger partial charge on any atom is 0.0974 e. The molecule has 2 rings (SSSR count). The fourth-order valence-corrected chi connectivity index (χ4v) is 2.35. The van der Waals surface area contributed by atoms with Gasteiger partial charge >= 0.3 is 0 Å². The van der Waals surface area contributed by atoms with E-state index in [0.717, 1.165) is 28.5 Å². The van der Waals surface area contributed by atoms with Gasteiger partial charge in [-0.15, -0.1) is 11.8 Å². The zero-order valence-electron chi connectivity index (χ0n) is 7.66. The van der Waals surface area contributed by atoms with Crippen molar-refractivity contribution in [1.29, 1.82) is 5.26 Å². The maximum absolute atomic E-state index is 8.85. The molecule has 1 aliphatic rings. The molecular formula is C11H10N2S. The largest absolute Gasteiger partial charge is 0.349 e. The van der Waals surface area contributed by atoms with Crippen LogP contribution >= 0.6 is 11.8 Å². The van der Waals surface area contributed by atoms with Crippen molar-refractivity contribution >= 4 is 17.4 Å². The van der Waals surface area contributed by atoms with E-state index in [0.29, 0.717) is 0 Å². The summed E-state index contributed by atoms with van der Waals surface area (Å²) in [4.78, 5) is 0. The van der Waals surface area contributed by atoms with Crippen molar-refractivity contribution in [2.24, 2.45) is 0 Å².